The topological polar surface area (TPSA) is 64.3 Å². The molecule has 0 spiro atoms. The number of carbonyl (C=O) groups is 1. The van der Waals surface area contributed by atoms with Crippen LogP contribution in [0.15, 0.2) is 40.9 Å². The molecule has 0 bridgehead atoms. The normalized spacial score (nSPS) is 10.2. The molecule has 0 saturated heterocycles. The van der Waals surface area contributed by atoms with Crippen molar-refractivity contribution in [2.24, 2.45) is 0 Å². The number of nitrogen functional groups attached to an aromatic ring is 1. The zero-order valence-electron chi connectivity index (χ0n) is 11.2. The van der Waals surface area contributed by atoms with Gasteiger partial charge in [0.2, 0.25) is 0 Å². The van der Waals surface area contributed by atoms with Gasteiger partial charge in [-0.2, -0.15) is 0 Å². The molecule has 0 unspecified atom stereocenters. The van der Waals surface area contributed by atoms with E-state index in [2.05, 4.69) is 21.2 Å². The van der Waals surface area contributed by atoms with Gasteiger partial charge in [-0.3, -0.25) is 0 Å². The van der Waals surface area contributed by atoms with Gasteiger partial charge in [0.25, 0.3) is 0 Å². The number of aryl methyl sites for hydroxylation is 1. The number of nitrogens with two attached hydrogens (primary N) is 1. The predicted molar refractivity (Wildman–Crippen MR) is 84.4 cm³/mol. The highest BCUT2D eigenvalue weighted by Crippen LogP contribution is 2.30. The zero-order chi connectivity index (χ0) is 14.7. The molecule has 2 aromatic rings. The van der Waals surface area contributed by atoms with E-state index in [4.69, 9.17) is 10.5 Å². The fourth-order valence-electron chi connectivity index (χ4n) is 1.89. The Hall–Kier alpha value is -2.01. The van der Waals surface area contributed by atoms with Gasteiger partial charge < -0.3 is 15.8 Å². The second kappa shape index (κ2) is 5.96. The van der Waals surface area contributed by atoms with Crippen molar-refractivity contribution >= 4 is 39.0 Å². The number of halogens is 1. The highest BCUT2D eigenvalue weighted by Gasteiger charge is 2.14. The molecule has 3 N–H and O–H groups in total. The number of ether oxygens (including phenoxy) is 1. The first-order valence-corrected chi connectivity index (χ1v) is 6.82. The number of benzene rings is 2. The molecule has 2 rings (SSSR count). The minimum absolute atomic E-state index is 0.412. The third-order valence-electron chi connectivity index (χ3n) is 2.95. The summed E-state index contributed by atoms with van der Waals surface area (Å²) in [6, 6.07) is 11.0. The van der Waals surface area contributed by atoms with E-state index in [9.17, 15) is 4.79 Å². The van der Waals surface area contributed by atoms with Gasteiger partial charge in [-0.05, 0) is 42.8 Å². The fourth-order valence-corrected chi connectivity index (χ4v) is 2.37. The van der Waals surface area contributed by atoms with Gasteiger partial charge in [0.15, 0.2) is 0 Å². The number of para-hydroxylation sites is 1. The molecule has 0 radical (unpaired) electrons. The highest BCUT2D eigenvalue weighted by atomic mass is 79.9. The lowest BCUT2D eigenvalue weighted by Gasteiger charge is -2.15. The molecule has 0 heterocycles. The fraction of sp³-hybridized carbons (Fsp3) is 0.133. The molecule has 104 valence electrons. The third-order valence-corrected chi connectivity index (χ3v) is 3.44. The predicted octanol–water partition coefficient (Wildman–Crippen LogP) is 3.87. The van der Waals surface area contributed by atoms with Gasteiger partial charge in [-0.25, -0.2) is 4.79 Å². The Labute approximate surface area is 126 Å². The Morgan fingerprint density at radius 3 is 2.70 bits per heavy atom. The number of hydrogen-bond acceptors (Lipinski definition) is 4. The summed E-state index contributed by atoms with van der Waals surface area (Å²) < 4.78 is 5.77. The maximum atomic E-state index is 11.8. The Morgan fingerprint density at radius 2 is 2.05 bits per heavy atom. The van der Waals surface area contributed by atoms with Crippen molar-refractivity contribution in [2.45, 2.75) is 6.92 Å². The molecular weight excluding hydrogens is 320 g/mol. The SMILES string of the molecule is COC(=O)c1cccc(N)c1Nc1ccc(Br)cc1C. The summed E-state index contributed by atoms with van der Waals surface area (Å²) in [6.45, 7) is 1.98. The van der Waals surface area contributed by atoms with Crippen molar-refractivity contribution in [3.63, 3.8) is 0 Å². The van der Waals surface area contributed by atoms with Crippen molar-refractivity contribution < 1.29 is 9.53 Å². The van der Waals surface area contributed by atoms with Crippen LogP contribution in [-0.2, 0) is 4.74 Å². The van der Waals surface area contributed by atoms with Gasteiger partial charge in [0, 0.05) is 10.2 Å². The van der Waals surface area contributed by atoms with Crippen molar-refractivity contribution in [2.75, 3.05) is 18.2 Å². The summed E-state index contributed by atoms with van der Waals surface area (Å²) in [7, 11) is 1.35. The molecule has 0 aliphatic heterocycles. The molecular formula is C15H15BrN2O2. The van der Waals surface area contributed by atoms with E-state index in [1.807, 2.05) is 25.1 Å². The smallest absolute Gasteiger partial charge is 0.340 e. The Morgan fingerprint density at radius 1 is 1.30 bits per heavy atom. The molecule has 0 atom stereocenters. The zero-order valence-corrected chi connectivity index (χ0v) is 12.8. The van der Waals surface area contributed by atoms with Gasteiger partial charge >= 0.3 is 5.97 Å². The molecule has 4 nitrogen and oxygen atoms in total. The van der Waals surface area contributed by atoms with E-state index >= 15 is 0 Å². The summed E-state index contributed by atoms with van der Waals surface area (Å²) in [4.78, 5) is 11.8. The average Bonchev–Trinajstić information content (AvgIpc) is 2.42. The highest BCUT2D eigenvalue weighted by molar-refractivity contribution is 9.10. The molecule has 0 aliphatic rings. The lowest BCUT2D eigenvalue weighted by molar-refractivity contribution is 0.0602. The van der Waals surface area contributed by atoms with Crippen molar-refractivity contribution in [1.29, 1.82) is 0 Å². The van der Waals surface area contributed by atoms with Crippen molar-refractivity contribution in [3.8, 4) is 0 Å². The van der Waals surface area contributed by atoms with Crippen LogP contribution in [0, 0.1) is 6.92 Å². The molecule has 0 amide bonds. The van der Waals surface area contributed by atoms with E-state index in [-0.39, 0.29) is 0 Å². The van der Waals surface area contributed by atoms with Crippen LogP contribution in [-0.4, -0.2) is 13.1 Å². The number of hydrogen-bond donors (Lipinski definition) is 2. The van der Waals surface area contributed by atoms with Crippen LogP contribution in [0.25, 0.3) is 0 Å². The summed E-state index contributed by atoms with van der Waals surface area (Å²) in [6.07, 6.45) is 0. The first-order valence-electron chi connectivity index (χ1n) is 6.03. The Kier molecular flexibility index (Phi) is 4.29. The van der Waals surface area contributed by atoms with Gasteiger partial charge in [0.1, 0.15) is 0 Å². The lowest BCUT2D eigenvalue weighted by atomic mass is 10.1. The Bertz CT molecular complexity index is 656. The van der Waals surface area contributed by atoms with E-state index in [1.165, 1.54) is 7.11 Å². The number of esters is 1. The maximum Gasteiger partial charge on any atom is 0.340 e. The van der Waals surface area contributed by atoms with E-state index in [1.54, 1.807) is 18.2 Å². The van der Waals surface area contributed by atoms with Gasteiger partial charge in [0.05, 0.1) is 24.0 Å². The monoisotopic (exact) mass is 334 g/mol. The summed E-state index contributed by atoms with van der Waals surface area (Å²) in [5.41, 5.74) is 9.36. The van der Waals surface area contributed by atoms with E-state index in [0.717, 1.165) is 15.7 Å². The summed E-state index contributed by atoms with van der Waals surface area (Å²) >= 11 is 3.42. The van der Waals surface area contributed by atoms with Crippen LogP contribution in [0.2, 0.25) is 0 Å². The van der Waals surface area contributed by atoms with Crippen LogP contribution in [0.3, 0.4) is 0 Å². The van der Waals surface area contributed by atoms with Gasteiger partial charge in [-0.15, -0.1) is 0 Å². The van der Waals surface area contributed by atoms with Gasteiger partial charge in [-0.1, -0.05) is 22.0 Å². The first kappa shape index (κ1) is 14.4. The second-order valence-corrected chi connectivity index (χ2v) is 5.26. The van der Waals surface area contributed by atoms with E-state index in [0.29, 0.717) is 16.9 Å². The maximum absolute atomic E-state index is 11.8. The van der Waals surface area contributed by atoms with Crippen LogP contribution >= 0.6 is 15.9 Å². The quantitative estimate of drug-likeness (QED) is 0.660. The molecule has 0 aromatic heterocycles. The lowest BCUT2D eigenvalue weighted by Crippen LogP contribution is -2.08. The number of nitrogens with one attached hydrogen (secondary N) is 1. The van der Waals surface area contributed by atoms with Crippen LogP contribution in [0.5, 0.6) is 0 Å². The van der Waals surface area contributed by atoms with Crippen LogP contribution in [0.1, 0.15) is 15.9 Å². The molecule has 5 heteroatoms. The summed E-state index contributed by atoms with van der Waals surface area (Å²) in [5.74, 6) is -0.422. The van der Waals surface area contributed by atoms with E-state index < -0.39 is 5.97 Å². The van der Waals surface area contributed by atoms with Crippen LogP contribution in [0.4, 0.5) is 17.1 Å². The second-order valence-electron chi connectivity index (χ2n) is 4.35. The standard InChI is InChI=1S/C15H15BrN2O2/c1-9-8-10(16)6-7-13(9)18-14-11(15(19)20-2)4-3-5-12(14)17/h3-8,18H,17H2,1-2H3. The largest absolute Gasteiger partial charge is 0.465 e. The number of methoxy groups -OCH3 is 1. The first-order chi connectivity index (χ1) is 9.52. The summed E-state index contributed by atoms with van der Waals surface area (Å²) in [5, 5.41) is 3.20. The number of anilines is 3. The van der Waals surface area contributed by atoms with Crippen molar-refractivity contribution in [3.05, 3.63) is 52.0 Å². The molecule has 0 saturated carbocycles. The molecule has 2 aromatic carbocycles. The van der Waals surface area contributed by atoms with Crippen LogP contribution < -0.4 is 11.1 Å². The molecule has 20 heavy (non-hydrogen) atoms. The number of rotatable bonds is 3. The third kappa shape index (κ3) is 2.93. The van der Waals surface area contributed by atoms with Crippen molar-refractivity contribution in [1.82, 2.24) is 0 Å². The number of carbonyl (C=O) groups excluding carboxylic acids is 1. The average molecular weight is 335 g/mol. The minimum Gasteiger partial charge on any atom is -0.465 e. The Balaban J connectivity index is 2.45. The molecule has 0 fully saturated rings. The minimum atomic E-state index is -0.422. The molecule has 0 aliphatic carbocycles.